The van der Waals surface area contributed by atoms with Crippen molar-refractivity contribution in [2.75, 3.05) is 4.90 Å². The van der Waals surface area contributed by atoms with Gasteiger partial charge in [-0.05, 0) is 30.7 Å². The Kier molecular flexibility index (Phi) is 4.77. The van der Waals surface area contributed by atoms with Crippen molar-refractivity contribution < 1.29 is 14.7 Å². The second-order valence-electron chi connectivity index (χ2n) is 8.15. The summed E-state index contributed by atoms with van der Waals surface area (Å²) >= 11 is 6.20. The molecule has 2 unspecified atom stereocenters. The predicted octanol–water partition coefficient (Wildman–Crippen LogP) is 5.17. The number of anilines is 1. The zero-order valence-electron chi connectivity index (χ0n) is 17.5. The Hall–Kier alpha value is -3.28. The van der Waals surface area contributed by atoms with Gasteiger partial charge in [0.2, 0.25) is 0 Å². The van der Waals surface area contributed by atoms with E-state index in [1.54, 1.807) is 53.6 Å². The Balaban J connectivity index is 1.63. The molecule has 2 atom stereocenters. The van der Waals surface area contributed by atoms with E-state index in [4.69, 9.17) is 11.6 Å². The molecule has 0 radical (unpaired) electrons. The monoisotopic (exact) mass is 444 g/mol. The maximum Gasteiger partial charge on any atom is 0.265 e. The summed E-state index contributed by atoms with van der Waals surface area (Å²) in [5.41, 5.74) is 0.120. The average molecular weight is 445 g/mol. The van der Waals surface area contributed by atoms with E-state index in [-0.39, 0.29) is 5.56 Å². The smallest absolute Gasteiger partial charge is 0.265 e. The van der Waals surface area contributed by atoms with Crippen LogP contribution in [0.5, 0.6) is 0 Å². The average Bonchev–Trinajstić information content (AvgIpc) is 3.28. The van der Waals surface area contributed by atoms with Crippen LogP contribution in [0, 0.1) is 0 Å². The maximum absolute atomic E-state index is 13.9. The summed E-state index contributed by atoms with van der Waals surface area (Å²) in [7, 11) is 0. The normalized spacial score (nSPS) is 23.3. The summed E-state index contributed by atoms with van der Waals surface area (Å²) in [5, 5.41) is 12.0. The summed E-state index contributed by atoms with van der Waals surface area (Å²) < 4.78 is 0. The number of carbonyl (C=O) groups excluding carboxylic acids is 2. The van der Waals surface area contributed by atoms with Gasteiger partial charge in [0.25, 0.3) is 5.91 Å². The number of halogens is 1. The molecular weight excluding hydrogens is 424 g/mol. The van der Waals surface area contributed by atoms with Crippen molar-refractivity contribution >= 4 is 40.9 Å². The third-order valence-electron chi connectivity index (χ3n) is 6.46. The van der Waals surface area contributed by atoms with Gasteiger partial charge < -0.3 is 5.11 Å². The molecular formula is C26H21ClN2O3. The third kappa shape index (κ3) is 2.78. The van der Waals surface area contributed by atoms with E-state index in [9.17, 15) is 14.7 Å². The molecule has 2 heterocycles. The number of nitrogens with zero attached hydrogens (tertiary/aromatic N) is 2. The molecule has 5 rings (SSSR count). The van der Waals surface area contributed by atoms with Gasteiger partial charge in [-0.25, -0.2) is 0 Å². The summed E-state index contributed by atoms with van der Waals surface area (Å²) in [6.45, 7) is 1.98. The number of aliphatic imine (C=N–C) groups is 1. The molecule has 0 fully saturated rings. The molecule has 1 amide bonds. The fraction of sp³-hybridized carbons (Fsp3) is 0.192. The van der Waals surface area contributed by atoms with Crippen LogP contribution in [0.3, 0.4) is 0 Å². The first-order chi connectivity index (χ1) is 15.4. The lowest BCUT2D eigenvalue weighted by Crippen LogP contribution is -2.52. The zero-order chi connectivity index (χ0) is 22.5. The highest BCUT2D eigenvalue weighted by molar-refractivity contribution is 6.34. The lowest BCUT2D eigenvalue weighted by molar-refractivity contribution is -0.136. The minimum Gasteiger partial charge on any atom is -0.375 e. The van der Waals surface area contributed by atoms with Crippen molar-refractivity contribution in [3.63, 3.8) is 0 Å². The van der Waals surface area contributed by atoms with E-state index in [1.165, 1.54) is 0 Å². The summed E-state index contributed by atoms with van der Waals surface area (Å²) in [6, 6.07) is 21.4. The molecule has 32 heavy (non-hydrogen) atoms. The van der Waals surface area contributed by atoms with Crippen LogP contribution in [0.15, 0.2) is 77.8 Å². The van der Waals surface area contributed by atoms with E-state index in [0.29, 0.717) is 22.7 Å². The molecule has 0 bridgehead atoms. The summed E-state index contributed by atoms with van der Waals surface area (Å²) in [4.78, 5) is 33.2. The Labute approximate surface area is 191 Å². The van der Waals surface area contributed by atoms with E-state index in [2.05, 4.69) is 4.99 Å². The molecule has 0 saturated heterocycles. The third-order valence-corrected chi connectivity index (χ3v) is 6.79. The molecule has 0 aromatic heterocycles. The maximum atomic E-state index is 13.9. The van der Waals surface area contributed by atoms with Gasteiger partial charge in [0.1, 0.15) is 5.54 Å². The Bertz CT molecular complexity index is 1290. The summed E-state index contributed by atoms with van der Waals surface area (Å²) in [5.74, 6) is -0.932. The first kappa shape index (κ1) is 20.6. The standard InChI is InChI=1S/C26H21ClN2O3/c1-2-25(16-28-21-13-7-4-10-18(21)25)29-22-14-8-5-11-19(22)26(32,24(29)31)15-23(30)17-9-3-6-12-20(17)27/h3-14,16,32H,2,15H2,1H3. The Morgan fingerprint density at radius 3 is 2.41 bits per heavy atom. The van der Waals surface area contributed by atoms with Crippen LogP contribution >= 0.6 is 11.6 Å². The molecule has 2 aliphatic rings. The predicted molar refractivity (Wildman–Crippen MR) is 125 cm³/mol. The number of hydrogen-bond donors (Lipinski definition) is 1. The van der Waals surface area contributed by atoms with E-state index < -0.39 is 29.3 Å². The van der Waals surface area contributed by atoms with Crippen LogP contribution < -0.4 is 4.90 Å². The van der Waals surface area contributed by atoms with E-state index in [0.717, 1.165) is 11.3 Å². The van der Waals surface area contributed by atoms with Crippen LogP contribution in [0.1, 0.15) is 41.3 Å². The van der Waals surface area contributed by atoms with Crippen molar-refractivity contribution in [2.45, 2.75) is 30.9 Å². The van der Waals surface area contributed by atoms with Gasteiger partial charge in [-0.3, -0.25) is 19.5 Å². The number of amides is 1. The van der Waals surface area contributed by atoms with Crippen LogP contribution in [-0.4, -0.2) is 23.0 Å². The topological polar surface area (TPSA) is 70.0 Å². The first-order valence-corrected chi connectivity index (χ1v) is 10.9. The number of hydrogen-bond acceptors (Lipinski definition) is 4. The number of rotatable bonds is 5. The second-order valence-corrected chi connectivity index (χ2v) is 8.56. The molecule has 1 N–H and O–H groups in total. The number of benzene rings is 3. The van der Waals surface area contributed by atoms with Gasteiger partial charge in [-0.1, -0.05) is 67.1 Å². The first-order valence-electron chi connectivity index (χ1n) is 10.5. The molecule has 6 heteroatoms. The molecule has 0 aliphatic carbocycles. The number of Topliss-reactive ketones (excluding diaryl/α,β-unsaturated/α-hetero) is 1. The van der Waals surface area contributed by atoms with Crippen molar-refractivity contribution in [3.8, 4) is 0 Å². The highest BCUT2D eigenvalue weighted by Gasteiger charge is 2.57. The van der Waals surface area contributed by atoms with Crippen molar-refractivity contribution in [2.24, 2.45) is 4.99 Å². The van der Waals surface area contributed by atoms with Crippen molar-refractivity contribution in [1.82, 2.24) is 0 Å². The lowest BCUT2D eigenvalue weighted by atomic mass is 9.86. The SMILES string of the molecule is CCC1(N2C(=O)C(O)(CC(=O)c3ccccc3Cl)c3ccccc32)C=Nc2ccccc21. The van der Waals surface area contributed by atoms with Gasteiger partial charge in [0, 0.05) is 22.9 Å². The largest absolute Gasteiger partial charge is 0.375 e. The van der Waals surface area contributed by atoms with E-state index in [1.807, 2.05) is 37.3 Å². The molecule has 3 aromatic rings. The highest BCUT2D eigenvalue weighted by atomic mass is 35.5. The van der Waals surface area contributed by atoms with Crippen molar-refractivity contribution in [3.05, 3.63) is 94.5 Å². The highest BCUT2D eigenvalue weighted by Crippen LogP contribution is 2.52. The number of fused-ring (bicyclic) bond motifs is 2. The molecule has 0 saturated carbocycles. The van der Waals surface area contributed by atoms with Crippen LogP contribution in [0.2, 0.25) is 5.02 Å². The van der Waals surface area contributed by atoms with Crippen LogP contribution in [0.4, 0.5) is 11.4 Å². The second kappa shape index (κ2) is 7.40. The van der Waals surface area contributed by atoms with Gasteiger partial charge in [0.05, 0.1) is 22.8 Å². The zero-order valence-corrected chi connectivity index (χ0v) is 18.2. The molecule has 0 spiro atoms. The molecule has 3 aromatic carbocycles. The molecule has 2 aliphatic heterocycles. The van der Waals surface area contributed by atoms with Gasteiger partial charge >= 0.3 is 0 Å². The fourth-order valence-electron chi connectivity index (χ4n) is 4.83. The Morgan fingerprint density at radius 1 is 1.00 bits per heavy atom. The number of aliphatic hydroxyl groups is 1. The van der Waals surface area contributed by atoms with E-state index >= 15 is 0 Å². The van der Waals surface area contributed by atoms with Crippen LogP contribution in [0.25, 0.3) is 0 Å². The summed E-state index contributed by atoms with van der Waals surface area (Å²) in [6.07, 6.45) is 1.93. The van der Waals surface area contributed by atoms with Crippen molar-refractivity contribution in [1.29, 1.82) is 0 Å². The molecule has 160 valence electrons. The van der Waals surface area contributed by atoms with Crippen LogP contribution in [-0.2, 0) is 15.9 Å². The minimum absolute atomic E-state index is 0.282. The Morgan fingerprint density at radius 2 is 1.66 bits per heavy atom. The lowest BCUT2D eigenvalue weighted by Gasteiger charge is -2.38. The van der Waals surface area contributed by atoms with Gasteiger partial charge in [0.15, 0.2) is 11.4 Å². The quantitative estimate of drug-likeness (QED) is 0.552. The number of para-hydroxylation sites is 2. The minimum atomic E-state index is -2.00. The number of carbonyl (C=O) groups is 2. The fourth-order valence-corrected chi connectivity index (χ4v) is 5.07. The van der Waals surface area contributed by atoms with Gasteiger partial charge in [-0.2, -0.15) is 0 Å². The molecule has 5 nitrogen and oxygen atoms in total. The van der Waals surface area contributed by atoms with Gasteiger partial charge in [-0.15, -0.1) is 0 Å². The number of ketones is 1.